The molecule has 0 atom stereocenters. The number of carbonyl (C=O) groups excluding carboxylic acids is 1. The van der Waals surface area contributed by atoms with E-state index in [1.165, 1.54) is 12.3 Å². The molecule has 0 fully saturated rings. The molecule has 5 heteroatoms. The average molecular weight is 305 g/mol. The summed E-state index contributed by atoms with van der Waals surface area (Å²) in [6.45, 7) is 5.41. The predicted molar refractivity (Wildman–Crippen MR) is 84.5 cm³/mol. The molecule has 1 aromatic carbocycles. The summed E-state index contributed by atoms with van der Waals surface area (Å²) in [5, 5.41) is 10.4. The van der Waals surface area contributed by atoms with Crippen LogP contribution in [0.2, 0.25) is 5.02 Å². The monoisotopic (exact) mass is 304 g/mol. The van der Waals surface area contributed by atoms with E-state index in [4.69, 9.17) is 17.3 Å². The van der Waals surface area contributed by atoms with Crippen molar-refractivity contribution in [2.75, 3.05) is 5.73 Å². The van der Waals surface area contributed by atoms with E-state index in [0.717, 1.165) is 0 Å². The fourth-order valence-electron chi connectivity index (χ4n) is 1.97. The van der Waals surface area contributed by atoms with E-state index in [0.29, 0.717) is 22.0 Å². The number of aromatic nitrogens is 1. The van der Waals surface area contributed by atoms with Crippen molar-refractivity contribution in [3.63, 3.8) is 0 Å². The van der Waals surface area contributed by atoms with E-state index in [2.05, 4.69) is 4.98 Å². The van der Waals surface area contributed by atoms with Crippen LogP contribution < -0.4 is 5.73 Å². The number of hydrogen-bond acceptors (Lipinski definition) is 4. The second kappa shape index (κ2) is 5.37. The number of nitrogen functional groups attached to an aromatic ring is 1. The van der Waals surface area contributed by atoms with Crippen molar-refractivity contribution in [1.29, 1.82) is 0 Å². The van der Waals surface area contributed by atoms with Gasteiger partial charge in [-0.25, -0.2) is 4.98 Å². The highest BCUT2D eigenvalue weighted by molar-refractivity contribution is 6.33. The van der Waals surface area contributed by atoms with Gasteiger partial charge in [0, 0.05) is 17.2 Å². The zero-order valence-corrected chi connectivity index (χ0v) is 12.9. The topological polar surface area (TPSA) is 76.2 Å². The number of carbonyl (C=O) groups is 1. The van der Waals surface area contributed by atoms with Gasteiger partial charge >= 0.3 is 0 Å². The molecule has 1 aromatic heterocycles. The molecule has 0 saturated heterocycles. The number of halogens is 1. The van der Waals surface area contributed by atoms with E-state index in [-0.39, 0.29) is 17.1 Å². The van der Waals surface area contributed by atoms with Gasteiger partial charge in [0.15, 0.2) is 5.78 Å². The van der Waals surface area contributed by atoms with Crippen molar-refractivity contribution in [3.05, 3.63) is 41.0 Å². The maximum atomic E-state index is 12.4. The van der Waals surface area contributed by atoms with Crippen LogP contribution in [-0.4, -0.2) is 15.9 Å². The molecule has 1 heterocycles. The first-order valence-electron chi connectivity index (χ1n) is 6.49. The van der Waals surface area contributed by atoms with E-state index in [1.807, 2.05) is 0 Å². The van der Waals surface area contributed by atoms with E-state index < -0.39 is 5.41 Å². The second-order valence-corrected chi connectivity index (χ2v) is 6.31. The Labute approximate surface area is 128 Å². The minimum atomic E-state index is -0.586. The highest BCUT2D eigenvalue weighted by Gasteiger charge is 2.25. The third-order valence-corrected chi connectivity index (χ3v) is 3.41. The highest BCUT2D eigenvalue weighted by atomic mass is 35.5. The lowest BCUT2D eigenvalue weighted by molar-refractivity contribution is 0.0855. The number of nitrogens with zero attached hydrogens (tertiary/aromatic N) is 1. The number of benzene rings is 1. The molecule has 4 nitrogen and oxygen atoms in total. The van der Waals surface area contributed by atoms with Gasteiger partial charge in [0.2, 0.25) is 0 Å². The van der Waals surface area contributed by atoms with Gasteiger partial charge in [-0.2, -0.15) is 0 Å². The Kier molecular flexibility index (Phi) is 3.92. The molecule has 2 rings (SSSR count). The molecular weight excluding hydrogens is 288 g/mol. The molecule has 0 unspecified atom stereocenters. The summed E-state index contributed by atoms with van der Waals surface area (Å²) in [7, 11) is 0. The van der Waals surface area contributed by atoms with Gasteiger partial charge in [-0.15, -0.1) is 0 Å². The zero-order valence-electron chi connectivity index (χ0n) is 12.1. The van der Waals surface area contributed by atoms with Crippen LogP contribution in [0.1, 0.15) is 31.1 Å². The lowest BCUT2D eigenvalue weighted by atomic mass is 9.85. The Morgan fingerprint density at radius 1 is 1.29 bits per heavy atom. The summed E-state index contributed by atoms with van der Waals surface area (Å²) in [5.74, 6) is 0.156. The van der Waals surface area contributed by atoms with Crippen LogP contribution >= 0.6 is 11.6 Å². The summed E-state index contributed by atoms with van der Waals surface area (Å²) in [5.41, 5.74) is 6.74. The van der Waals surface area contributed by atoms with Gasteiger partial charge in [0.25, 0.3) is 0 Å². The van der Waals surface area contributed by atoms with Crippen LogP contribution in [0.3, 0.4) is 0 Å². The third kappa shape index (κ3) is 3.16. The first-order valence-corrected chi connectivity index (χ1v) is 6.87. The lowest BCUT2D eigenvalue weighted by Crippen LogP contribution is -2.20. The minimum absolute atomic E-state index is 0.0446. The number of phenols is 1. The summed E-state index contributed by atoms with van der Waals surface area (Å²) < 4.78 is 0. The molecule has 110 valence electrons. The molecule has 0 amide bonds. The molecule has 0 spiro atoms. The van der Waals surface area contributed by atoms with Gasteiger partial charge in [0.05, 0.1) is 10.6 Å². The Balaban J connectivity index is 2.58. The van der Waals surface area contributed by atoms with Crippen LogP contribution in [0.25, 0.3) is 11.1 Å². The molecular formula is C16H17ClN2O2. The predicted octanol–water partition coefficient (Wildman–Crippen LogP) is 3.92. The van der Waals surface area contributed by atoms with Crippen molar-refractivity contribution in [1.82, 2.24) is 4.98 Å². The SMILES string of the molecule is CC(C)(C)C(=O)c1cc(-c2cc(N)ncc2Cl)ccc1O. The van der Waals surface area contributed by atoms with Gasteiger partial charge in [-0.05, 0) is 23.8 Å². The summed E-state index contributed by atoms with van der Waals surface area (Å²) in [4.78, 5) is 16.3. The molecule has 3 N–H and O–H groups in total. The summed E-state index contributed by atoms with van der Waals surface area (Å²) >= 11 is 6.13. The van der Waals surface area contributed by atoms with Crippen molar-refractivity contribution in [3.8, 4) is 16.9 Å². The van der Waals surface area contributed by atoms with Crippen LogP contribution in [0.4, 0.5) is 5.82 Å². The number of ketones is 1. The fourth-order valence-corrected chi connectivity index (χ4v) is 2.18. The number of aromatic hydroxyl groups is 1. The number of nitrogens with two attached hydrogens (primary N) is 1. The fraction of sp³-hybridized carbons (Fsp3) is 0.250. The molecule has 0 aliphatic rings. The number of pyridine rings is 1. The Morgan fingerprint density at radius 3 is 2.57 bits per heavy atom. The smallest absolute Gasteiger partial charge is 0.171 e. The molecule has 0 aliphatic carbocycles. The number of anilines is 1. The largest absolute Gasteiger partial charge is 0.507 e. The van der Waals surface area contributed by atoms with Crippen molar-refractivity contribution in [2.24, 2.45) is 5.41 Å². The van der Waals surface area contributed by atoms with Crippen molar-refractivity contribution >= 4 is 23.2 Å². The first-order chi connectivity index (χ1) is 9.70. The first kappa shape index (κ1) is 15.3. The molecule has 0 bridgehead atoms. The van der Waals surface area contributed by atoms with E-state index in [9.17, 15) is 9.90 Å². The Bertz CT molecular complexity index is 706. The molecule has 0 radical (unpaired) electrons. The molecule has 0 saturated carbocycles. The Morgan fingerprint density at radius 2 is 1.95 bits per heavy atom. The van der Waals surface area contributed by atoms with Crippen LogP contribution in [0, 0.1) is 5.41 Å². The summed E-state index contributed by atoms with van der Waals surface area (Å²) in [6.07, 6.45) is 1.46. The number of hydrogen-bond donors (Lipinski definition) is 2. The standard InChI is InChI=1S/C16H17ClN2O2/c1-16(2,3)15(21)11-6-9(4-5-13(11)20)10-7-14(18)19-8-12(10)17/h4-8,20H,1-3H3,(H2,18,19). The quantitative estimate of drug-likeness (QED) is 0.824. The van der Waals surface area contributed by atoms with Crippen LogP contribution in [-0.2, 0) is 0 Å². The van der Waals surface area contributed by atoms with Crippen LogP contribution in [0.15, 0.2) is 30.5 Å². The van der Waals surface area contributed by atoms with E-state index in [1.54, 1.807) is 39.0 Å². The maximum absolute atomic E-state index is 12.4. The highest BCUT2D eigenvalue weighted by Crippen LogP contribution is 2.34. The van der Waals surface area contributed by atoms with Gasteiger partial charge in [0.1, 0.15) is 11.6 Å². The molecule has 2 aromatic rings. The summed E-state index contributed by atoms with van der Waals surface area (Å²) in [6, 6.07) is 6.44. The molecule has 0 aliphatic heterocycles. The number of rotatable bonds is 2. The average Bonchev–Trinajstić information content (AvgIpc) is 2.40. The van der Waals surface area contributed by atoms with Gasteiger partial charge in [-0.3, -0.25) is 4.79 Å². The van der Waals surface area contributed by atoms with Crippen LogP contribution in [0.5, 0.6) is 5.75 Å². The minimum Gasteiger partial charge on any atom is -0.507 e. The van der Waals surface area contributed by atoms with Gasteiger partial charge < -0.3 is 10.8 Å². The zero-order chi connectivity index (χ0) is 15.8. The Hall–Kier alpha value is -2.07. The van der Waals surface area contributed by atoms with E-state index >= 15 is 0 Å². The molecule has 21 heavy (non-hydrogen) atoms. The normalized spacial score (nSPS) is 11.4. The van der Waals surface area contributed by atoms with Gasteiger partial charge in [-0.1, -0.05) is 38.4 Å². The third-order valence-electron chi connectivity index (χ3n) is 3.11. The van der Waals surface area contributed by atoms with Crippen molar-refractivity contribution < 1.29 is 9.90 Å². The second-order valence-electron chi connectivity index (χ2n) is 5.90. The number of phenolic OH excluding ortho intramolecular Hbond substituents is 1. The van der Waals surface area contributed by atoms with Crippen molar-refractivity contribution in [2.45, 2.75) is 20.8 Å². The lowest BCUT2D eigenvalue weighted by Gasteiger charge is -2.18. The number of Topliss-reactive ketones (excluding diaryl/α,β-unsaturated/α-hetero) is 1. The maximum Gasteiger partial charge on any atom is 0.171 e.